The Kier molecular flexibility index (Phi) is 2.52. The van der Waals surface area contributed by atoms with Crippen LogP contribution in [0.3, 0.4) is 0 Å². The number of aromatic nitrogens is 1. The van der Waals surface area contributed by atoms with Gasteiger partial charge in [0.15, 0.2) is 0 Å². The van der Waals surface area contributed by atoms with Crippen molar-refractivity contribution in [2.45, 2.75) is 18.4 Å². The Hall–Kier alpha value is -0.930. The first-order valence-electron chi connectivity index (χ1n) is 5.03. The molecule has 1 saturated heterocycles. The van der Waals surface area contributed by atoms with E-state index >= 15 is 0 Å². The molecule has 3 nitrogen and oxygen atoms in total. The number of hydrogen-bond donors (Lipinski definition) is 1. The Morgan fingerprint density at radius 1 is 1.36 bits per heavy atom. The summed E-state index contributed by atoms with van der Waals surface area (Å²) in [6, 6.07) is 5.71. The molecule has 1 aromatic rings. The molecule has 2 rings (SSSR count). The van der Waals surface area contributed by atoms with Crippen molar-refractivity contribution in [3.8, 4) is 0 Å². The molecule has 1 fully saturated rings. The van der Waals surface area contributed by atoms with Crippen LogP contribution in [-0.2, 0) is 5.60 Å². The normalized spacial score (nSPS) is 22.1. The van der Waals surface area contributed by atoms with E-state index in [0.717, 1.165) is 31.6 Å². The zero-order chi connectivity index (χ0) is 10.0. The van der Waals surface area contributed by atoms with Gasteiger partial charge in [0.05, 0.1) is 5.69 Å². The summed E-state index contributed by atoms with van der Waals surface area (Å²) in [4.78, 5) is 6.46. The van der Waals surface area contributed by atoms with E-state index in [9.17, 15) is 5.11 Å². The predicted molar refractivity (Wildman–Crippen MR) is 54.9 cm³/mol. The van der Waals surface area contributed by atoms with E-state index in [1.807, 2.05) is 18.2 Å². The second-order valence-electron chi connectivity index (χ2n) is 4.05. The van der Waals surface area contributed by atoms with Crippen molar-refractivity contribution in [3.05, 3.63) is 30.1 Å². The predicted octanol–water partition coefficient (Wildman–Crippen LogP) is 0.995. The van der Waals surface area contributed by atoms with Crippen LogP contribution >= 0.6 is 0 Å². The van der Waals surface area contributed by atoms with Crippen LogP contribution in [0.5, 0.6) is 0 Å². The second-order valence-corrected chi connectivity index (χ2v) is 4.05. The van der Waals surface area contributed by atoms with Gasteiger partial charge >= 0.3 is 0 Å². The first-order chi connectivity index (χ1) is 6.71. The summed E-state index contributed by atoms with van der Waals surface area (Å²) in [5.41, 5.74) is 0.112. The van der Waals surface area contributed by atoms with Crippen LogP contribution in [-0.4, -0.2) is 35.1 Å². The molecule has 1 N–H and O–H groups in total. The summed E-state index contributed by atoms with van der Waals surface area (Å²) in [5, 5.41) is 10.4. The zero-order valence-corrected chi connectivity index (χ0v) is 8.48. The van der Waals surface area contributed by atoms with Gasteiger partial charge in [0.25, 0.3) is 0 Å². The van der Waals surface area contributed by atoms with Gasteiger partial charge in [-0.05, 0) is 32.0 Å². The SMILES string of the molecule is CN1CCC(O)(c2ccccn2)CC1. The lowest BCUT2D eigenvalue weighted by Gasteiger charge is -2.35. The van der Waals surface area contributed by atoms with Gasteiger partial charge in [-0.15, -0.1) is 0 Å². The molecule has 0 saturated carbocycles. The Morgan fingerprint density at radius 2 is 2.07 bits per heavy atom. The summed E-state index contributed by atoms with van der Waals surface area (Å²) >= 11 is 0. The van der Waals surface area contributed by atoms with Crippen molar-refractivity contribution in [1.82, 2.24) is 9.88 Å². The number of piperidine rings is 1. The lowest BCUT2D eigenvalue weighted by Crippen LogP contribution is -2.41. The minimum absolute atomic E-state index is 0.701. The van der Waals surface area contributed by atoms with Gasteiger partial charge < -0.3 is 10.0 Å². The van der Waals surface area contributed by atoms with Crippen LogP contribution < -0.4 is 0 Å². The molecule has 0 unspecified atom stereocenters. The fourth-order valence-electron chi connectivity index (χ4n) is 1.88. The van der Waals surface area contributed by atoms with Gasteiger partial charge in [-0.1, -0.05) is 6.07 Å². The van der Waals surface area contributed by atoms with Crippen LogP contribution in [0.1, 0.15) is 18.5 Å². The largest absolute Gasteiger partial charge is 0.383 e. The molecule has 1 aliphatic heterocycles. The van der Waals surface area contributed by atoms with Gasteiger partial charge in [-0.2, -0.15) is 0 Å². The number of likely N-dealkylation sites (tertiary alicyclic amines) is 1. The summed E-state index contributed by atoms with van der Waals surface area (Å²) in [6.45, 7) is 1.88. The fourth-order valence-corrected chi connectivity index (χ4v) is 1.88. The Morgan fingerprint density at radius 3 is 2.64 bits per heavy atom. The van der Waals surface area contributed by atoms with Crippen molar-refractivity contribution >= 4 is 0 Å². The van der Waals surface area contributed by atoms with E-state index in [0.29, 0.717) is 0 Å². The maximum absolute atomic E-state index is 10.4. The summed E-state index contributed by atoms with van der Waals surface area (Å²) in [5.74, 6) is 0. The third kappa shape index (κ3) is 1.79. The highest BCUT2D eigenvalue weighted by molar-refractivity contribution is 5.13. The number of nitrogens with zero attached hydrogens (tertiary/aromatic N) is 2. The van der Waals surface area contributed by atoms with Crippen LogP contribution in [0.15, 0.2) is 24.4 Å². The molecule has 0 aromatic carbocycles. The molecule has 14 heavy (non-hydrogen) atoms. The van der Waals surface area contributed by atoms with Crippen LogP contribution in [0.4, 0.5) is 0 Å². The van der Waals surface area contributed by atoms with Crippen LogP contribution in [0.2, 0.25) is 0 Å². The van der Waals surface area contributed by atoms with Crippen molar-refractivity contribution in [1.29, 1.82) is 0 Å². The average molecular weight is 192 g/mol. The van der Waals surface area contributed by atoms with E-state index < -0.39 is 5.60 Å². The Balaban J connectivity index is 2.17. The molecule has 0 atom stereocenters. The summed E-state index contributed by atoms with van der Waals surface area (Å²) < 4.78 is 0. The van der Waals surface area contributed by atoms with E-state index in [2.05, 4.69) is 16.9 Å². The van der Waals surface area contributed by atoms with Gasteiger partial charge in [-0.25, -0.2) is 0 Å². The van der Waals surface area contributed by atoms with Gasteiger partial charge in [0.2, 0.25) is 0 Å². The van der Waals surface area contributed by atoms with Crippen molar-refractivity contribution in [2.75, 3.05) is 20.1 Å². The Labute approximate surface area is 84.4 Å². The van der Waals surface area contributed by atoms with Gasteiger partial charge in [0, 0.05) is 19.3 Å². The quantitative estimate of drug-likeness (QED) is 0.721. The van der Waals surface area contributed by atoms with Crippen molar-refractivity contribution < 1.29 is 5.11 Å². The molecule has 1 aromatic heterocycles. The maximum Gasteiger partial charge on any atom is 0.109 e. The first-order valence-corrected chi connectivity index (χ1v) is 5.03. The topological polar surface area (TPSA) is 36.4 Å². The van der Waals surface area contributed by atoms with E-state index in [1.165, 1.54) is 0 Å². The lowest BCUT2D eigenvalue weighted by molar-refractivity contribution is -0.0238. The van der Waals surface area contributed by atoms with E-state index in [4.69, 9.17) is 0 Å². The monoisotopic (exact) mass is 192 g/mol. The molecule has 2 heterocycles. The number of rotatable bonds is 1. The first kappa shape index (κ1) is 9.62. The third-order valence-electron chi connectivity index (χ3n) is 2.96. The highest BCUT2D eigenvalue weighted by Gasteiger charge is 2.33. The minimum Gasteiger partial charge on any atom is -0.383 e. The lowest BCUT2D eigenvalue weighted by atomic mass is 9.88. The number of hydrogen-bond acceptors (Lipinski definition) is 3. The van der Waals surface area contributed by atoms with E-state index in [1.54, 1.807) is 6.20 Å². The highest BCUT2D eigenvalue weighted by Crippen LogP contribution is 2.30. The summed E-state index contributed by atoms with van der Waals surface area (Å²) in [7, 11) is 2.08. The third-order valence-corrected chi connectivity index (χ3v) is 2.96. The maximum atomic E-state index is 10.4. The summed E-state index contributed by atoms with van der Waals surface area (Å²) in [6.07, 6.45) is 3.30. The zero-order valence-electron chi connectivity index (χ0n) is 8.48. The fraction of sp³-hybridized carbons (Fsp3) is 0.545. The smallest absolute Gasteiger partial charge is 0.109 e. The Bertz CT molecular complexity index is 291. The molecule has 0 aliphatic carbocycles. The highest BCUT2D eigenvalue weighted by atomic mass is 16.3. The standard InChI is InChI=1S/C11H16N2O/c1-13-8-5-11(14,6-9-13)10-4-2-3-7-12-10/h2-4,7,14H,5-6,8-9H2,1H3. The molecule has 1 aliphatic rings. The number of pyridine rings is 1. The molecule has 3 heteroatoms. The van der Waals surface area contributed by atoms with Crippen molar-refractivity contribution in [3.63, 3.8) is 0 Å². The average Bonchev–Trinajstić information content (AvgIpc) is 2.24. The molecule has 0 radical (unpaired) electrons. The second kappa shape index (κ2) is 3.67. The molecule has 0 spiro atoms. The minimum atomic E-state index is -0.701. The van der Waals surface area contributed by atoms with Crippen molar-refractivity contribution in [2.24, 2.45) is 0 Å². The molecule has 0 amide bonds. The number of aliphatic hydroxyl groups is 1. The van der Waals surface area contributed by atoms with Crippen LogP contribution in [0.25, 0.3) is 0 Å². The molecule has 76 valence electrons. The van der Waals surface area contributed by atoms with Crippen LogP contribution in [0, 0.1) is 0 Å². The molecular formula is C11H16N2O. The molecule has 0 bridgehead atoms. The molecular weight excluding hydrogens is 176 g/mol. The van der Waals surface area contributed by atoms with E-state index in [-0.39, 0.29) is 0 Å². The van der Waals surface area contributed by atoms with Gasteiger partial charge in [-0.3, -0.25) is 4.98 Å². The van der Waals surface area contributed by atoms with Gasteiger partial charge in [0.1, 0.15) is 5.60 Å².